The zero-order valence-electron chi connectivity index (χ0n) is 27.7. The van der Waals surface area contributed by atoms with E-state index in [0.717, 1.165) is 32.5 Å². The monoisotopic (exact) mass is 715 g/mol. The van der Waals surface area contributed by atoms with Gasteiger partial charge in [-0.2, -0.15) is 0 Å². The topological polar surface area (TPSA) is 73.2 Å². The van der Waals surface area contributed by atoms with Gasteiger partial charge in [0.15, 0.2) is 23.1 Å². The van der Waals surface area contributed by atoms with Crippen LogP contribution in [-0.2, 0) is 18.0 Å². The third-order valence-corrected chi connectivity index (χ3v) is 10.9. The van der Waals surface area contributed by atoms with Crippen LogP contribution in [0.25, 0.3) is 21.6 Å². The molecule has 1 unspecified atom stereocenters. The lowest BCUT2D eigenvalue weighted by molar-refractivity contribution is -0.0197. The fourth-order valence-corrected chi connectivity index (χ4v) is 8.54. The molecule has 9 rings (SSSR count). The summed E-state index contributed by atoms with van der Waals surface area (Å²) in [5, 5.41) is 1.94. The number of hydrogen-bond acceptors (Lipinski definition) is 7. The normalized spacial score (nSPS) is 17.3. The lowest BCUT2D eigenvalue weighted by atomic mass is 9.91. The van der Waals surface area contributed by atoms with E-state index in [1.807, 2.05) is 96.0 Å². The van der Waals surface area contributed by atoms with Crippen LogP contribution in [0.15, 0.2) is 120 Å². The van der Waals surface area contributed by atoms with Gasteiger partial charge in [-0.3, -0.25) is 19.3 Å². The van der Waals surface area contributed by atoms with E-state index in [-0.39, 0.29) is 49.3 Å². The van der Waals surface area contributed by atoms with E-state index >= 15 is 8.78 Å². The van der Waals surface area contributed by atoms with Gasteiger partial charge in [0.1, 0.15) is 25.1 Å². The maximum atomic E-state index is 16.5. The molecule has 0 N–H and O–H groups in total. The molecule has 0 bridgehead atoms. The molecule has 2 aliphatic heterocycles. The molecule has 3 aliphatic rings. The second-order valence-electron chi connectivity index (χ2n) is 12.8. The van der Waals surface area contributed by atoms with Crippen molar-refractivity contribution in [3.63, 3.8) is 0 Å². The number of carbonyl (C=O) groups is 1. The molecule has 0 spiro atoms. The average molecular weight is 716 g/mol. The Morgan fingerprint density at radius 1 is 0.808 bits per heavy atom. The summed E-state index contributed by atoms with van der Waals surface area (Å²) >= 11 is 1.47. The molecule has 6 aromatic rings. The molecule has 1 amide bonds. The molecule has 1 fully saturated rings. The minimum absolute atomic E-state index is 0.0579. The molecule has 52 heavy (non-hydrogen) atoms. The smallest absolute Gasteiger partial charge is 0.278 e. The molecule has 260 valence electrons. The third-order valence-electron chi connectivity index (χ3n) is 9.74. The van der Waals surface area contributed by atoms with Gasteiger partial charge in [-0.15, -0.1) is 11.3 Å². The van der Waals surface area contributed by atoms with Gasteiger partial charge in [0, 0.05) is 39.7 Å². The number of morpholine rings is 1. The first-order chi connectivity index (χ1) is 25.5. The maximum Gasteiger partial charge on any atom is 0.278 e. The lowest BCUT2D eigenvalue weighted by Gasteiger charge is -2.51. The highest BCUT2D eigenvalue weighted by Crippen LogP contribution is 2.52. The minimum atomic E-state index is -0.972. The van der Waals surface area contributed by atoms with E-state index in [1.165, 1.54) is 17.4 Å². The Kier molecular flexibility index (Phi) is 8.09. The summed E-state index contributed by atoms with van der Waals surface area (Å²) < 4.78 is 51.6. The third kappa shape index (κ3) is 5.35. The number of rotatable bonds is 7. The predicted octanol–water partition coefficient (Wildman–Crippen LogP) is 7.53. The lowest BCUT2D eigenvalue weighted by Crippen LogP contribution is -2.66. The maximum absolute atomic E-state index is 16.5. The Labute approximate surface area is 301 Å². The Balaban J connectivity index is 1.23. The zero-order chi connectivity index (χ0) is 35.3. The highest BCUT2D eigenvalue weighted by atomic mass is 32.1. The highest BCUT2D eigenvalue weighted by Gasteiger charge is 2.47. The van der Waals surface area contributed by atoms with Crippen molar-refractivity contribution in [1.82, 2.24) is 9.58 Å². The number of hydrogen-bond donors (Lipinski definition) is 0. The van der Waals surface area contributed by atoms with Crippen LogP contribution in [0.4, 0.5) is 8.78 Å². The molecule has 11 heteroatoms. The SMILES string of the molecule is O=C1c2c(OCc3ccccc3)c(=O)ccn2N(C2c3ccccc3-c3sc(COc4ccccc4)cc3-c3c2ccc(F)c3F)[C@@H]2COCCN12. The number of pyridine rings is 1. The van der Waals surface area contributed by atoms with Gasteiger partial charge >= 0.3 is 0 Å². The van der Waals surface area contributed by atoms with E-state index in [9.17, 15) is 9.59 Å². The number of para-hydroxylation sites is 1. The van der Waals surface area contributed by atoms with Crippen molar-refractivity contribution < 1.29 is 27.8 Å². The molecule has 1 aliphatic carbocycles. The number of fused-ring (bicyclic) bond motifs is 7. The molecule has 2 atom stereocenters. The van der Waals surface area contributed by atoms with E-state index in [1.54, 1.807) is 21.8 Å². The van der Waals surface area contributed by atoms with Crippen molar-refractivity contribution in [2.75, 3.05) is 24.8 Å². The molecule has 1 saturated heterocycles. The van der Waals surface area contributed by atoms with E-state index < -0.39 is 29.3 Å². The van der Waals surface area contributed by atoms with Gasteiger partial charge in [-0.25, -0.2) is 8.78 Å². The summed E-state index contributed by atoms with van der Waals surface area (Å²) in [6.07, 6.45) is 0.905. The van der Waals surface area contributed by atoms with Gasteiger partial charge in [-0.1, -0.05) is 78.9 Å². The summed E-state index contributed by atoms with van der Waals surface area (Å²) in [5.74, 6) is -1.70. The van der Waals surface area contributed by atoms with Gasteiger partial charge in [0.05, 0.1) is 19.3 Å². The second kappa shape index (κ2) is 13.1. The van der Waals surface area contributed by atoms with Gasteiger partial charge in [0.2, 0.25) is 5.43 Å². The average Bonchev–Trinajstić information content (AvgIpc) is 3.56. The predicted molar refractivity (Wildman–Crippen MR) is 193 cm³/mol. The van der Waals surface area contributed by atoms with Crippen LogP contribution < -0.4 is 19.9 Å². The van der Waals surface area contributed by atoms with Crippen LogP contribution in [0.5, 0.6) is 11.5 Å². The van der Waals surface area contributed by atoms with Crippen LogP contribution in [0.1, 0.15) is 38.1 Å². The largest absolute Gasteiger partial charge is 0.488 e. The molecule has 4 heterocycles. The molecular formula is C41H31F2N3O5S. The second-order valence-corrected chi connectivity index (χ2v) is 13.9. The number of ether oxygens (including phenoxy) is 3. The summed E-state index contributed by atoms with van der Waals surface area (Å²) in [5.41, 5.74) is 3.26. The van der Waals surface area contributed by atoms with Crippen molar-refractivity contribution in [2.24, 2.45) is 0 Å². The summed E-state index contributed by atoms with van der Waals surface area (Å²) in [7, 11) is 0. The molecule has 4 aromatic carbocycles. The Hall–Kier alpha value is -5.78. The molecular weight excluding hydrogens is 685 g/mol. The van der Waals surface area contributed by atoms with Crippen LogP contribution in [0.3, 0.4) is 0 Å². The Bertz CT molecular complexity index is 2380. The van der Waals surface area contributed by atoms with Crippen LogP contribution >= 0.6 is 11.3 Å². The van der Waals surface area contributed by atoms with Gasteiger partial charge in [-0.05, 0) is 46.5 Å². The first-order valence-electron chi connectivity index (χ1n) is 17.0. The van der Waals surface area contributed by atoms with Crippen molar-refractivity contribution in [3.05, 3.63) is 165 Å². The minimum Gasteiger partial charge on any atom is -0.488 e. The number of aromatic nitrogens is 1. The fourth-order valence-electron chi connectivity index (χ4n) is 7.42. The van der Waals surface area contributed by atoms with Crippen molar-refractivity contribution in [3.8, 4) is 33.1 Å². The Morgan fingerprint density at radius 3 is 2.40 bits per heavy atom. The summed E-state index contributed by atoms with van der Waals surface area (Å²) in [6.45, 7) is 1.03. The quantitative estimate of drug-likeness (QED) is 0.170. The van der Waals surface area contributed by atoms with Crippen molar-refractivity contribution in [2.45, 2.75) is 25.4 Å². The Morgan fingerprint density at radius 2 is 1.58 bits per heavy atom. The van der Waals surface area contributed by atoms with E-state index in [4.69, 9.17) is 14.2 Å². The van der Waals surface area contributed by atoms with Crippen LogP contribution in [0, 0.1) is 11.6 Å². The van der Waals surface area contributed by atoms with Crippen molar-refractivity contribution in [1.29, 1.82) is 0 Å². The van der Waals surface area contributed by atoms with E-state index in [2.05, 4.69) is 0 Å². The first-order valence-corrected chi connectivity index (χ1v) is 17.8. The summed E-state index contributed by atoms with van der Waals surface area (Å²) in [4.78, 5) is 31.1. The summed E-state index contributed by atoms with van der Waals surface area (Å²) in [6, 6.07) is 31.8. The van der Waals surface area contributed by atoms with Crippen molar-refractivity contribution >= 4 is 17.2 Å². The number of amides is 1. The highest BCUT2D eigenvalue weighted by molar-refractivity contribution is 7.16. The molecule has 8 nitrogen and oxygen atoms in total. The molecule has 2 aromatic heterocycles. The van der Waals surface area contributed by atoms with Gasteiger partial charge < -0.3 is 19.1 Å². The standard InChI is InChI=1S/C41H31F2N3O5S/c42-32-16-15-30-35(36(32)43)31-21-27(23-50-26-11-5-2-6-12-26)52-40(31)29-14-8-7-13-28(29)37(30)46-34-24-49-20-19-44(34)41(48)38-39(33(47)17-18-45(38)46)51-22-25-9-3-1-4-10-25/h1-18,21,34,37H,19-20,22-24H2/t34-,37?/m1/s1. The number of carbonyl (C=O) groups excluding carboxylic acids is 1. The number of thiophene rings is 1. The van der Waals surface area contributed by atoms with Crippen LogP contribution in [0.2, 0.25) is 0 Å². The van der Waals surface area contributed by atoms with Crippen LogP contribution in [-0.4, -0.2) is 41.4 Å². The first kappa shape index (κ1) is 32.1. The number of benzene rings is 4. The van der Waals surface area contributed by atoms with E-state index in [0.29, 0.717) is 23.5 Å². The molecule has 0 radical (unpaired) electrons. The zero-order valence-corrected chi connectivity index (χ0v) is 28.5. The number of nitrogens with zero attached hydrogens (tertiary/aromatic N) is 3. The number of halogens is 2. The fraction of sp³-hybridized carbons (Fsp3) is 0.171. The molecule has 0 saturated carbocycles. The van der Waals surface area contributed by atoms with Gasteiger partial charge in [0.25, 0.3) is 5.91 Å².